The molecule has 2 aromatic rings. The number of aliphatic hydroxyl groups excluding tert-OH is 1. The van der Waals surface area contributed by atoms with E-state index in [1.807, 2.05) is 13.0 Å². The van der Waals surface area contributed by atoms with Gasteiger partial charge in [-0.15, -0.1) is 0 Å². The number of rotatable bonds is 6. The Morgan fingerprint density at radius 2 is 1.96 bits per heavy atom. The van der Waals surface area contributed by atoms with Gasteiger partial charge >= 0.3 is 6.03 Å². The van der Waals surface area contributed by atoms with Crippen molar-refractivity contribution >= 4 is 11.9 Å². The monoisotopic (exact) mass is 390 g/mol. The first-order chi connectivity index (χ1) is 13.2. The van der Waals surface area contributed by atoms with Gasteiger partial charge in [0.05, 0.1) is 6.54 Å². The molecule has 1 aliphatic rings. The molecular formula is C20H20F2N2O4. The second kappa shape index (κ2) is 7.55. The molecular weight excluding hydrogens is 370 g/mol. The van der Waals surface area contributed by atoms with Crippen molar-refractivity contribution in [2.75, 3.05) is 13.2 Å². The van der Waals surface area contributed by atoms with E-state index in [-0.39, 0.29) is 18.7 Å². The van der Waals surface area contributed by atoms with E-state index in [0.717, 1.165) is 28.7 Å². The SMILES string of the molecule is Cc1cccc(OC[C@H](O)CN2C(=O)N[C@](C)(c3cc(F)ccc3F)C2=O)c1. The van der Waals surface area contributed by atoms with Gasteiger partial charge in [0.25, 0.3) is 5.91 Å². The molecule has 1 fully saturated rings. The fourth-order valence-electron chi connectivity index (χ4n) is 3.09. The van der Waals surface area contributed by atoms with Gasteiger partial charge in [-0.05, 0) is 49.7 Å². The minimum atomic E-state index is -1.76. The van der Waals surface area contributed by atoms with Crippen LogP contribution in [0, 0.1) is 18.6 Å². The third-order valence-corrected chi connectivity index (χ3v) is 4.57. The summed E-state index contributed by atoms with van der Waals surface area (Å²) in [5, 5.41) is 12.6. The molecule has 148 valence electrons. The number of hydrogen-bond acceptors (Lipinski definition) is 4. The summed E-state index contributed by atoms with van der Waals surface area (Å²) in [4.78, 5) is 25.8. The minimum Gasteiger partial charge on any atom is -0.491 e. The topological polar surface area (TPSA) is 78.9 Å². The molecule has 0 aromatic heterocycles. The number of benzene rings is 2. The van der Waals surface area contributed by atoms with Crippen molar-refractivity contribution in [3.63, 3.8) is 0 Å². The van der Waals surface area contributed by atoms with Crippen LogP contribution >= 0.6 is 0 Å². The third kappa shape index (κ3) is 3.82. The van der Waals surface area contributed by atoms with Gasteiger partial charge in [-0.3, -0.25) is 9.69 Å². The first-order valence-corrected chi connectivity index (χ1v) is 8.68. The molecule has 0 bridgehead atoms. The van der Waals surface area contributed by atoms with Crippen LogP contribution in [0.25, 0.3) is 0 Å². The van der Waals surface area contributed by atoms with Crippen molar-refractivity contribution in [2.24, 2.45) is 0 Å². The molecule has 2 aromatic carbocycles. The van der Waals surface area contributed by atoms with E-state index < -0.39 is 35.2 Å². The highest BCUT2D eigenvalue weighted by atomic mass is 19.1. The van der Waals surface area contributed by atoms with Gasteiger partial charge in [-0.25, -0.2) is 13.6 Å². The first-order valence-electron chi connectivity index (χ1n) is 8.68. The fraction of sp³-hybridized carbons (Fsp3) is 0.300. The van der Waals surface area contributed by atoms with Crippen LogP contribution in [-0.2, 0) is 10.3 Å². The number of aliphatic hydroxyl groups is 1. The number of urea groups is 1. The maximum absolute atomic E-state index is 14.1. The lowest BCUT2D eigenvalue weighted by atomic mass is 9.91. The number of halogens is 2. The number of ether oxygens (including phenoxy) is 1. The molecule has 6 nitrogen and oxygen atoms in total. The molecule has 0 spiro atoms. The van der Waals surface area contributed by atoms with Gasteiger partial charge in [-0.1, -0.05) is 12.1 Å². The second-order valence-electron chi connectivity index (χ2n) is 6.88. The summed E-state index contributed by atoms with van der Waals surface area (Å²) in [6.07, 6.45) is -1.16. The molecule has 8 heteroatoms. The van der Waals surface area contributed by atoms with Gasteiger partial charge in [0, 0.05) is 5.56 Å². The summed E-state index contributed by atoms with van der Waals surface area (Å²) in [5.74, 6) is -1.79. The molecule has 3 amide bonds. The molecule has 0 saturated carbocycles. The van der Waals surface area contributed by atoms with Crippen LogP contribution in [0.3, 0.4) is 0 Å². The summed E-state index contributed by atoms with van der Waals surface area (Å²) in [5.41, 5.74) is -1.06. The smallest absolute Gasteiger partial charge is 0.325 e. The molecule has 28 heavy (non-hydrogen) atoms. The van der Waals surface area contributed by atoms with E-state index in [9.17, 15) is 23.5 Å². The lowest BCUT2D eigenvalue weighted by molar-refractivity contribution is -0.132. The normalized spacial score (nSPS) is 20.2. The van der Waals surface area contributed by atoms with Crippen LogP contribution in [0.2, 0.25) is 0 Å². The van der Waals surface area contributed by atoms with E-state index in [1.165, 1.54) is 6.92 Å². The molecule has 0 radical (unpaired) electrons. The zero-order chi connectivity index (χ0) is 20.5. The predicted octanol–water partition coefficient (Wildman–Crippen LogP) is 2.48. The lowest BCUT2D eigenvalue weighted by Gasteiger charge is -2.23. The number of nitrogens with zero attached hydrogens (tertiary/aromatic N) is 1. The Kier molecular flexibility index (Phi) is 5.33. The number of nitrogens with one attached hydrogen (secondary N) is 1. The van der Waals surface area contributed by atoms with Gasteiger partial charge in [0.1, 0.15) is 35.6 Å². The Labute approximate surface area is 160 Å². The van der Waals surface area contributed by atoms with E-state index >= 15 is 0 Å². The second-order valence-corrected chi connectivity index (χ2v) is 6.88. The Morgan fingerprint density at radius 1 is 1.21 bits per heavy atom. The number of amides is 3. The van der Waals surface area contributed by atoms with Crippen molar-refractivity contribution in [2.45, 2.75) is 25.5 Å². The standard InChI is InChI=1S/C20H20F2N2O4/c1-12-4-3-5-15(8-12)28-11-14(25)10-24-18(26)20(2,23-19(24)27)16-9-13(21)6-7-17(16)22/h3-9,14,25H,10-11H2,1-2H3,(H,23,27)/t14-,20-/m1/s1. The number of β-amino-alcohol motifs (C(OH)–C–C–N with tert-alkyl or cyclic N) is 1. The fourth-order valence-corrected chi connectivity index (χ4v) is 3.09. The molecule has 0 unspecified atom stereocenters. The maximum atomic E-state index is 14.1. The number of aryl methyl sites for hydroxylation is 1. The van der Waals surface area contributed by atoms with Crippen LogP contribution in [0.4, 0.5) is 13.6 Å². The van der Waals surface area contributed by atoms with Crippen LogP contribution in [0.5, 0.6) is 5.75 Å². The van der Waals surface area contributed by atoms with Gasteiger partial charge in [0.2, 0.25) is 0 Å². The minimum absolute atomic E-state index is 0.147. The Morgan fingerprint density at radius 3 is 2.68 bits per heavy atom. The molecule has 1 heterocycles. The zero-order valence-electron chi connectivity index (χ0n) is 15.4. The number of imide groups is 1. The molecule has 2 atom stereocenters. The van der Waals surface area contributed by atoms with Gasteiger partial charge in [0.15, 0.2) is 0 Å². The van der Waals surface area contributed by atoms with Crippen molar-refractivity contribution in [3.8, 4) is 5.75 Å². The lowest BCUT2D eigenvalue weighted by Crippen LogP contribution is -2.43. The van der Waals surface area contributed by atoms with Crippen molar-refractivity contribution in [3.05, 3.63) is 65.2 Å². The largest absolute Gasteiger partial charge is 0.491 e. The highest BCUT2D eigenvalue weighted by Crippen LogP contribution is 2.31. The Hall–Kier alpha value is -3.00. The number of carbonyl (C=O) groups excluding carboxylic acids is 2. The Bertz CT molecular complexity index is 921. The average Bonchev–Trinajstić information content (AvgIpc) is 2.86. The summed E-state index contributed by atoms with van der Waals surface area (Å²) in [6, 6.07) is 9.08. The van der Waals surface area contributed by atoms with Crippen LogP contribution in [-0.4, -0.2) is 41.2 Å². The highest BCUT2D eigenvalue weighted by Gasteiger charge is 2.50. The molecule has 0 aliphatic carbocycles. The van der Waals surface area contributed by atoms with E-state index in [1.54, 1.807) is 18.2 Å². The molecule has 2 N–H and O–H groups in total. The summed E-state index contributed by atoms with van der Waals surface area (Å²) in [6.45, 7) is 2.69. The van der Waals surface area contributed by atoms with Crippen LogP contribution in [0.15, 0.2) is 42.5 Å². The zero-order valence-corrected chi connectivity index (χ0v) is 15.4. The van der Waals surface area contributed by atoms with Crippen molar-refractivity contribution < 1.29 is 28.2 Å². The van der Waals surface area contributed by atoms with E-state index in [4.69, 9.17) is 4.74 Å². The first kappa shape index (κ1) is 19.8. The molecule has 1 aliphatic heterocycles. The summed E-state index contributed by atoms with van der Waals surface area (Å²) < 4.78 is 33.1. The third-order valence-electron chi connectivity index (χ3n) is 4.57. The summed E-state index contributed by atoms with van der Waals surface area (Å²) >= 11 is 0. The van der Waals surface area contributed by atoms with Gasteiger partial charge < -0.3 is 15.2 Å². The van der Waals surface area contributed by atoms with Crippen LogP contribution < -0.4 is 10.1 Å². The average molecular weight is 390 g/mol. The van der Waals surface area contributed by atoms with E-state index in [2.05, 4.69) is 5.32 Å². The van der Waals surface area contributed by atoms with Crippen LogP contribution in [0.1, 0.15) is 18.1 Å². The van der Waals surface area contributed by atoms with E-state index in [0.29, 0.717) is 5.75 Å². The van der Waals surface area contributed by atoms with Gasteiger partial charge in [-0.2, -0.15) is 0 Å². The maximum Gasteiger partial charge on any atom is 0.325 e. The molecule has 1 saturated heterocycles. The van der Waals surface area contributed by atoms with Crippen molar-refractivity contribution in [1.29, 1.82) is 0 Å². The predicted molar refractivity (Wildman–Crippen MR) is 96.6 cm³/mol. The quantitative estimate of drug-likeness (QED) is 0.743. The number of carbonyl (C=O) groups is 2. The number of hydrogen-bond donors (Lipinski definition) is 2. The summed E-state index contributed by atoms with van der Waals surface area (Å²) in [7, 11) is 0. The molecule has 3 rings (SSSR count). The van der Waals surface area contributed by atoms with Crippen molar-refractivity contribution in [1.82, 2.24) is 10.2 Å². The highest BCUT2D eigenvalue weighted by molar-refractivity contribution is 6.07. The Balaban J connectivity index is 1.70.